The van der Waals surface area contributed by atoms with E-state index in [2.05, 4.69) is 215 Å². The van der Waals surface area contributed by atoms with Crippen LogP contribution in [-0.4, -0.2) is 6.71 Å². The van der Waals surface area contributed by atoms with Crippen molar-refractivity contribution in [2.75, 3.05) is 4.90 Å². The van der Waals surface area contributed by atoms with Gasteiger partial charge in [-0.3, -0.25) is 0 Å². The summed E-state index contributed by atoms with van der Waals surface area (Å²) in [6.07, 6.45) is 0. The van der Waals surface area contributed by atoms with E-state index in [-0.39, 0.29) is 6.71 Å². The number of hydrogen-bond donors (Lipinski definition) is 0. The second-order valence-electron chi connectivity index (χ2n) is 18.3. The molecule has 0 aliphatic carbocycles. The van der Waals surface area contributed by atoms with Crippen molar-refractivity contribution >= 4 is 94.0 Å². The van der Waals surface area contributed by atoms with Crippen molar-refractivity contribution in [3.63, 3.8) is 0 Å². The molecule has 2 nitrogen and oxygen atoms in total. The fraction of sp³-hybridized carbons (Fsp3) is 0.0820. The lowest BCUT2D eigenvalue weighted by Crippen LogP contribution is -2.57. The van der Waals surface area contributed by atoms with Crippen molar-refractivity contribution in [3.05, 3.63) is 204 Å². The van der Waals surface area contributed by atoms with Crippen LogP contribution < -0.4 is 26.0 Å². The van der Waals surface area contributed by atoms with E-state index in [1.165, 1.54) is 115 Å². The molecule has 11 aromatic rings. The second-order valence-corrected chi connectivity index (χ2v) is 18.3. The molecule has 0 unspecified atom stereocenters. The number of hydrogen-bond acceptors (Lipinski definition) is 2. The molecule has 0 aromatic heterocycles. The molecule has 3 heteroatoms. The van der Waals surface area contributed by atoms with Crippen LogP contribution in [0.4, 0.5) is 17.1 Å². The van der Waals surface area contributed by atoms with Crippen molar-refractivity contribution in [2.24, 2.45) is 0 Å². The summed E-state index contributed by atoms with van der Waals surface area (Å²) in [5, 5.41) is 12.5. The number of para-hydroxylation sites is 1. The summed E-state index contributed by atoms with van der Waals surface area (Å²) in [4.78, 5) is 2.39. The number of aryl methyl sites for hydroxylation is 5. The third kappa shape index (κ3) is 5.28. The minimum absolute atomic E-state index is 0.103. The maximum atomic E-state index is 7.07. The van der Waals surface area contributed by atoms with Crippen LogP contribution in [0.5, 0.6) is 11.5 Å². The summed E-state index contributed by atoms with van der Waals surface area (Å²) in [6, 6.07) is 65.5. The zero-order chi connectivity index (χ0) is 43.0. The lowest BCUT2D eigenvalue weighted by molar-refractivity contribution is 0.487. The van der Waals surface area contributed by atoms with E-state index >= 15 is 0 Å². The molecule has 0 fully saturated rings. The van der Waals surface area contributed by atoms with Crippen LogP contribution in [0.2, 0.25) is 0 Å². The molecule has 0 saturated heterocycles. The molecule has 0 saturated carbocycles. The van der Waals surface area contributed by atoms with Gasteiger partial charge >= 0.3 is 0 Å². The highest BCUT2D eigenvalue weighted by Gasteiger charge is 2.36. The number of rotatable bonds is 4. The molecular weight excluding hydrogens is 773 g/mol. The first kappa shape index (κ1) is 37.0. The van der Waals surface area contributed by atoms with Gasteiger partial charge < -0.3 is 9.64 Å². The van der Waals surface area contributed by atoms with Crippen LogP contribution in [0.1, 0.15) is 27.8 Å². The van der Waals surface area contributed by atoms with Crippen LogP contribution >= 0.6 is 0 Å². The molecule has 13 rings (SSSR count). The van der Waals surface area contributed by atoms with Gasteiger partial charge in [-0.2, -0.15) is 0 Å². The Kier molecular flexibility index (Phi) is 7.91. The van der Waals surface area contributed by atoms with Gasteiger partial charge in [0.1, 0.15) is 11.5 Å². The summed E-state index contributed by atoms with van der Waals surface area (Å²) in [7, 11) is 0. The van der Waals surface area contributed by atoms with Gasteiger partial charge in [-0.05, 0) is 137 Å². The Morgan fingerprint density at radius 3 is 1.81 bits per heavy atom. The average Bonchev–Trinajstić information content (AvgIpc) is 3.30. The molecule has 0 radical (unpaired) electrons. The third-order valence-corrected chi connectivity index (χ3v) is 14.3. The van der Waals surface area contributed by atoms with E-state index in [4.69, 9.17) is 4.74 Å². The maximum Gasteiger partial charge on any atom is 0.243 e. The highest BCUT2D eigenvalue weighted by molar-refractivity contribution is 6.99. The van der Waals surface area contributed by atoms with Crippen LogP contribution in [-0.2, 0) is 0 Å². The van der Waals surface area contributed by atoms with Crippen LogP contribution in [0.25, 0.3) is 76.1 Å². The van der Waals surface area contributed by atoms with Gasteiger partial charge in [-0.1, -0.05) is 172 Å². The molecule has 0 amide bonds. The Balaban J connectivity index is 1.06. The molecule has 2 aliphatic heterocycles. The molecule has 0 spiro atoms. The van der Waals surface area contributed by atoms with E-state index in [9.17, 15) is 0 Å². The number of fused-ring (bicyclic) bond motifs is 10. The topological polar surface area (TPSA) is 12.5 Å². The zero-order valence-corrected chi connectivity index (χ0v) is 36.7. The van der Waals surface area contributed by atoms with Crippen LogP contribution in [0.3, 0.4) is 0 Å². The monoisotopic (exact) mass is 817 g/mol. The normalized spacial score (nSPS) is 12.5. The molecule has 0 atom stereocenters. The SMILES string of the molecule is Cc1cc(C)c(B2c3c(C)cc(C)cc3-c3cccc4c3c2cc2c3cccc5c3c(cc42)-c2ccc(N(c3ccccc3)c3cc4ccccc4c4ccccc34)cc2O5)c(C)c1. The lowest BCUT2D eigenvalue weighted by Gasteiger charge is -2.32. The Morgan fingerprint density at radius 1 is 0.375 bits per heavy atom. The largest absolute Gasteiger partial charge is 0.456 e. The maximum absolute atomic E-state index is 7.07. The average molecular weight is 818 g/mol. The number of nitrogens with zero attached hydrogens (tertiary/aromatic N) is 1. The van der Waals surface area contributed by atoms with Crippen LogP contribution in [0, 0.1) is 34.6 Å². The van der Waals surface area contributed by atoms with Crippen molar-refractivity contribution in [2.45, 2.75) is 34.6 Å². The molecule has 302 valence electrons. The summed E-state index contributed by atoms with van der Waals surface area (Å²) in [6.45, 7) is 11.5. The van der Waals surface area contributed by atoms with Crippen molar-refractivity contribution in [1.29, 1.82) is 0 Å². The molecule has 0 bridgehead atoms. The quantitative estimate of drug-likeness (QED) is 0.130. The number of anilines is 3. The molecule has 2 heterocycles. The van der Waals surface area contributed by atoms with Gasteiger partial charge in [-0.25, -0.2) is 0 Å². The fourth-order valence-electron chi connectivity index (χ4n) is 11.9. The summed E-state index contributed by atoms with van der Waals surface area (Å²) in [5.41, 5.74) is 19.1. The van der Waals surface area contributed by atoms with Gasteiger partial charge in [0.25, 0.3) is 0 Å². The minimum Gasteiger partial charge on any atom is -0.456 e. The molecule has 2 aliphatic rings. The first-order valence-electron chi connectivity index (χ1n) is 22.5. The van der Waals surface area contributed by atoms with Gasteiger partial charge in [0.05, 0.1) is 5.69 Å². The number of benzene rings is 11. The Labute approximate surface area is 374 Å². The van der Waals surface area contributed by atoms with Crippen LogP contribution in [0.15, 0.2) is 176 Å². The highest BCUT2D eigenvalue weighted by Crippen LogP contribution is 2.52. The standard InChI is InChI=1S/C61H44BNO/c1-35-27-37(3)60(38(4)28-35)62-54-34-51-48-23-14-24-56-59(48)52(33-50(51)47-21-13-22-49(58(47)54)53-30-36(2)29-39(5)61(53)62)46-26-25-42(32-57(46)64-56)63(41-16-7-6-8-17-41)55-31-40-15-9-10-18-43(40)44-19-11-12-20-45(44)55/h6-34H,1-5H3. The first-order chi connectivity index (χ1) is 31.3. The summed E-state index contributed by atoms with van der Waals surface area (Å²) >= 11 is 0. The van der Waals surface area contributed by atoms with E-state index in [0.29, 0.717) is 0 Å². The van der Waals surface area contributed by atoms with Gasteiger partial charge in [0.15, 0.2) is 0 Å². The van der Waals surface area contributed by atoms with E-state index in [0.717, 1.165) is 34.1 Å². The second kappa shape index (κ2) is 13.7. The predicted molar refractivity (Wildman–Crippen MR) is 274 cm³/mol. The fourth-order valence-corrected chi connectivity index (χ4v) is 11.9. The Bertz CT molecular complexity index is 3810. The first-order valence-corrected chi connectivity index (χ1v) is 22.5. The summed E-state index contributed by atoms with van der Waals surface area (Å²) < 4.78 is 7.07. The van der Waals surface area contributed by atoms with Crippen molar-refractivity contribution in [3.8, 4) is 33.8 Å². The lowest BCUT2D eigenvalue weighted by atomic mass is 9.32. The number of ether oxygens (including phenoxy) is 1. The van der Waals surface area contributed by atoms with E-state index in [1.54, 1.807) is 0 Å². The molecule has 64 heavy (non-hydrogen) atoms. The van der Waals surface area contributed by atoms with Crippen molar-refractivity contribution in [1.82, 2.24) is 0 Å². The smallest absolute Gasteiger partial charge is 0.243 e. The minimum atomic E-state index is 0.103. The van der Waals surface area contributed by atoms with Gasteiger partial charge in [0.2, 0.25) is 6.71 Å². The molecular formula is C61H44BNO. The molecule has 0 N–H and O–H groups in total. The van der Waals surface area contributed by atoms with Crippen molar-refractivity contribution < 1.29 is 4.74 Å². The van der Waals surface area contributed by atoms with E-state index in [1.807, 2.05) is 0 Å². The predicted octanol–water partition coefficient (Wildman–Crippen LogP) is 14.7. The molecule has 11 aromatic carbocycles. The van der Waals surface area contributed by atoms with Gasteiger partial charge in [0, 0.05) is 33.8 Å². The summed E-state index contributed by atoms with van der Waals surface area (Å²) in [5.74, 6) is 1.75. The third-order valence-electron chi connectivity index (χ3n) is 14.3. The van der Waals surface area contributed by atoms with E-state index < -0.39 is 0 Å². The Morgan fingerprint density at radius 2 is 1.02 bits per heavy atom. The Hall–Kier alpha value is -7.62. The zero-order valence-electron chi connectivity index (χ0n) is 36.7. The van der Waals surface area contributed by atoms with Gasteiger partial charge in [-0.15, -0.1) is 0 Å². The highest BCUT2D eigenvalue weighted by atomic mass is 16.5.